The van der Waals surface area contributed by atoms with E-state index in [1.165, 1.54) is 0 Å². The highest BCUT2D eigenvalue weighted by atomic mass is 16.5. The largest absolute Gasteiger partial charge is 0.507 e. The highest BCUT2D eigenvalue weighted by Crippen LogP contribution is 2.26. The van der Waals surface area contributed by atoms with Crippen molar-refractivity contribution in [3.63, 3.8) is 0 Å². The third kappa shape index (κ3) is 2.13. The number of rotatable bonds is 2. The molecule has 3 nitrogen and oxygen atoms in total. The van der Waals surface area contributed by atoms with Gasteiger partial charge in [0.25, 0.3) is 0 Å². The van der Waals surface area contributed by atoms with Gasteiger partial charge in [-0.1, -0.05) is 6.58 Å². The predicted octanol–water partition coefficient (Wildman–Crippen LogP) is 2.10. The van der Waals surface area contributed by atoms with Gasteiger partial charge in [-0.15, -0.1) is 0 Å². The molecule has 1 N–H and O–H groups in total. The molecule has 3 heteroatoms. The molecule has 0 radical (unpaired) electrons. The average molecular weight is 192 g/mol. The zero-order valence-corrected chi connectivity index (χ0v) is 8.20. The minimum atomic E-state index is -0.505. The van der Waals surface area contributed by atoms with Crippen molar-refractivity contribution in [2.24, 2.45) is 0 Å². The van der Waals surface area contributed by atoms with E-state index >= 15 is 0 Å². The van der Waals surface area contributed by atoms with Crippen molar-refractivity contribution in [1.29, 1.82) is 0 Å². The summed E-state index contributed by atoms with van der Waals surface area (Å²) in [6, 6.07) is 3.20. The van der Waals surface area contributed by atoms with E-state index < -0.39 is 5.97 Å². The van der Waals surface area contributed by atoms with Gasteiger partial charge in [-0.05, 0) is 37.1 Å². The van der Waals surface area contributed by atoms with Gasteiger partial charge in [0.2, 0.25) is 0 Å². The van der Waals surface area contributed by atoms with E-state index in [9.17, 15) is 9.90 Å². The third-order valence-electron chi connectivity index (χ3n) is 1.85. The predicted molar refractivity (Wildman–Crippen MR) is 53.4 cm³/mol. The Morgan fingerprint density at radius 2 is 1.93 bits per heavy atom. The van der Waals surface area contributed by atoms with Crippen molar-refractivity contribution >= 4 is 5.97 Å². The number of benzene rings is 1. The Balaban J connectivity index is 3.01. The number of phenols is 1. The van der Waals surface area contributed by atoms with Gasteiger partial charge in [0.1, 0.15) is 11.5 Å². The second-order valence-corrected chi connectivity index (χ2v) is 3.03. The van der Waals surface area contributed by atoms with Gasteiger partial charge in [0, 0.05) is 6.08 Å². The van der Waals surface area contributed by atoms with Crippen LogP contribution in [-0.2, 0) is 4.79 Å². The standard InChI is InChI=1S/C11H12O3/c1-4-10(12)14-9-5-7(2)11(13)8(3)6-9/h4-6,13H,1H2,2-3H3. The van der Waals surface area contributed by atoms with Gasteiger partial charge in [-0.3, -0.25) is 0 Å². The summed E-state index contributed by atoms with van der Waals surface area (Å²) in [5, 5.41) is 9.46. The van der Waals surface area contributed by atoms with Crippen molar-refractivity contribution in [2.75, 3.05) is 0 Å². The molecule has 0 aliphatic rings. The molecule has 1 aromatic carbocycles. The maximum atomic E-state index is 10.9. The topological polar surface area (TPSA) is 46.5 Å². The first-order chi connectivity index (χ1) is 6.54. The molecule has 0 aromatic heterocycles. The van der Waals surface area contributed by atoms with Crippen LogP contribution in [0.2, 0.25) is 0 Å². The quantitative estimate of drug-likeness (QED) is 0.443. The van der Waals surface area contributed by atoms with E-state index in [-0.39, 0.29) is 5.75 Å². The van der Waals surface area contributed by atoms with Gasteiger partial charge in [-0.2, -0.15) is 0 Å². The van der Waals surface area contributed by atoms with Gasteiger partial charge in [-0.25, -0.2) is 4.79 Å². The number of phenolic OH excluding ortho intramolecular Hbond substituents is 1. The van der Waals surface area contributed by atoms with Gasteiger partial charge in [0.15, 0.2) is 0 Å². The molecule has 0 unspecified atom stereocenters. The summed E-state index contributed by atoms with van der Waals surface area (Å²) in [5.41, 5.74) is 1.36. The van der Waals surface area contributed by atoms with E-state index in [1.54, 1.807) is 26.0 Å². The number of carbonyl (C=O) groups excluding carboxylic acids is 1. The van der Waals surface area contributed by atoms with Crippen LogP contribution < -0.4 is 4.74 Å². The Morgan fingerprint density at radius 1 is 1.43 bits per heavy atom. The van der Waals surface area contributed by atoms with Crippen molar-refractivity contribution in [3.8, 4) is 11.5 Å². The van der Waals surface area contributed by atoms with E-state index in [0.717, 1.165) is 6.08 Å². The molecule has 0 heterocycles. The Morgan fingerprint density at radius 3 is 2.36 bits per heavy atom. The van der Waals surface area contributed by atoms with Gasteiger partial charge >= 0.3 is 5.97 Å². The first-order valence-electron chi connectivity index (χ1n) is 4.19. The molecule has 0 spiro atoms. The summed E-state index contributed by atoms with van der Waals surface area (Å²) in [6.07, 6.45) is 1.09. The van der Waals surface area contributed by atoms with E-state index in [0.29, 0.717) is 16.9 Å². The lowest BCUT2D eigenvalue weighted by molar-refractivity contribution is -0.128. The number of hydrogen-bond acceptors (Lipinski definition) is 3. The molecular weight excluding hydrogens is 180 g/mol. The molecule has 1 aromatic rings. The zero-order chi connectivity index (χ0) is 10.7. The maximum Gasteiger partial charge on any atom is 0.335 e. The second kappa shape index (κ2) is 3.96. The number of esters is 1. The maximum absolute atomic E-state index is 10.9. The highest BCUT2D eigenvalue weighted by Gasteiger charge is 2.05. The van der Waals surface area contributed by atoms with Crippen LogP contribution in [0.3, 0.4) is 0 Å². The summed E-state index contributed by atoms with van der Waals surface area (Å²) in [6.45, 7) is 6.78. The van der Waals surface area contributed by atoms with Gasteiger partial charge < -0.3 is 9.84 Å². The minimum absolute atomic E-state index is 0.225. The summed E-state index contributed by atoms with van der Waals surface area (Å²) in [7, 11) is 0. The molecule has 0 saturated heterocycles. The fourth-order valence-electron chi connectivity index (χ4n) is 1.13. The lowest BCUT2D eigenvalue weighted by Crippen LogP contribution is -2.03. The number of ether oxygens (including phenoxy) is 1. The second-order valence-electron chi connectivity index (χ2n) is 3.03. The number of carbonyl (C=O) groups is 1. The molecule has 1 rings (SSSR count). The van der Waals surface area contributed by atoms with E-state index in [2.05, 4.69) is 6.58 Å². The smallest absolute Gasteiger partial charge is 0.335 e. The first-order valence-corrected chi connectivity index (χ1v) is 4.19. The number of aromatic hydroxyl groups is 1. The van der Waals surface area contributed by atoms with Crippen LogP contribution in [0.25, 0.3) is 0 Å². The Hall–Kier alpha value is -1.77. The molecule has 74 valence electrons. The molecule has 0 aliphatic heterocycles. The molecule has 0 fully saturated rings. The van der Waals surface area contributed by atoms with Crippen LogP contribution in [0, 0.1) is 13.8 Å². The first kappa shape index (κ1) is 10.3. The average Bonchev–Trinajstić information content (AvgIpc) is 2.14. The molecule has 0 saturated carbocycles. The van der Waals surface area contributed by atoms with Crippen molar-refractivity contribution in [3.05, 3.63) is 35.9 Å². The van der Waals surface area contributed by atoms with Crippen LogP contribution in [0.4, 0.5) is 0 Å². The third-order valence-corrected chi connectivity index (χ3v) is 1.85. The van der Waals surface area contributed by atoms with Crippen LogP contribution in [0.5, 0.6) is 11.5 Å². The molecule has 14 heavy (non-hydrogen) atoms. The lowest BCUT2D eigenvalue weighted by atomic mass is 10.1. The fraction of sp³-hybridized carbons (Fsp3) is 0.182. The Bertz CT molecular complexity index is 357. The zero-order valence-electron chi connectivity index (χ0n) is 8.20. The Labute approximate surface area is 82.6 Å². The lowest BCUT2D eigenvalue weighted by Gasteiger charge is -2.06. The van der Waals surface area contributed by atoms with E-state index in [4.69, 9.17) is 4.74 Å². The summed E-state index contributed by atoms with van der Waals surface area (Å²) < 4.78 is 4.91. The Kier molecular flexibility index (Phi) is 2.92. The molecule has 0 aliphatic carbocycles. The van der Waals surface area contributed by atoms with Crippen LogP contribution in [0.15, 0.2) is 24.8 Å². The summed E-state index contributed by atoms with van der Waals surface area (Å²) >= 11 is 0. The SMILES string of the molecule is C=CC(=O)Oc1cc(C)c(O)c(C)c1. The van der Waals surface area contributed by atoms with Crippen molar-refractivity contribution < 1.29 is 14.6 Å². The monoisotopic (exact) mass is 192 g/mol. The normalized spacial score (nSPS) is 9.57. The minimum Gasteiger partial charge on any atom is -0.507 e. The van der Waals surface area contributed by atoms with Crippen molar-refractivity contribution in [2.45, 2.75) is 13.8 Å². The molecule has 0 amide bonds. The highest BCUT2D eigenvalue weighted by molar-refractivity contribution is 5.83. The fourth-order valence-corrected chi connectivity index (χ4v) is 1.13. The number of aryl methyl sites for hydroxylation is 2. The number of hydrogen-bond donors (Lipinski definition) is 1. The molecular formula is C11H12O3. The van der Waals surface area contributed by atoms with Crippen LogP contribution >= 0.6 is 0 Å². The van der Waals surface area contributed by atoms with Crippen LogP contribution in [-0.4, -0.2) is 11.1 Å². The molecule has 0 bridgehead atoms. The summed E-state index contributed by atoms with van der Waals surface area (Å²) in [4.78, 5) is 10.9. The summed E-state index contributed by atoms with van der Waals surface area (Å²) in [5.74, 6) is 0.139. The van der Waals surface area contributed by atoms with Crippen molar-refractivity contribution in [1.82, 2.24) is 0 Å². The molecule has 0 atom stereocenters. The van der Waals surface area contributed by atoms with Crippen LogP contribution in [0.1, 0.15) is 11.1 Å². The van der Waals surface area contributed by atoms with E-state index in [1.807, 2.05) is 0 Å². The van der Waals surface area contributed by atoms with Gasteiger partial charge in [0.05, 0.1) is 0 Å².